The van der Waals surface area contributed by atoms with Crippen LogP contribution in [0, 0.1) is 5.92 Å². The third-order valence-corrected chi connectivity index (χ3v) is 5.69. The van der Waals surface area contributed by atoms with Crippen molar-refractivity contribution in [1.82, 2.24) is 0 Å². The molecule has 0 bridgehead atoms. The molecule has 32 heavy (non-hydrogen) atoms. The number of para-hydroxylation sites is 1. The molecule has 0 saturated carbocycles. The third-order valence-electron chi connectivity index (χ3n) is 5.69. The van der Waals surface area contributed by atoms with Crippen LogP contribution in [0.2, 0.25) is 0 Å². The summed E-state index contributed by atoms with van der Waals surface area (Å²) >= 11 is 0. The molecule has 1 saturated heterocycles. The zero-order valence-corrected chi connectivity index (χ0v) is 18.2. The first-order valence-corrected chi connectivity index (χ1v) is 10.5. The Balaban J connectivity index is 1.49. The molecule has 6 nitrogen and oxygen atoms in total. The number of rotatable bonds is 7. The molecule has 3 aromatic rings. The van der Waals surface area contributed by atoms with E-state index in [1.807, 2.05) is 42.5 Å². The molecule has 1 N–H and O–H groups in total. The largest absolute Gasteiger partial charge is 0.497 e. The predicted molar refractivity (Wildman–Crippen MR) is 124 cm³/mol. The lowest BCUT2D eigenvalue weighted by atomic mass is 10.0. The van der Waals surface area contributed by atoms with Gasteiger partial charge in [-0.2, -0.15) is 0 Å². The molecule has 0 aromatic heterocycles. The van der Waals surface area contributed by atoms with Crippen LogP contribution in [0.1, 0.15) is 17.5 Å². The van der Waals surface area contributed by atoms with E-state index in [9.17, 15) is 9.59 Å². The van der Waals surface area contributed by atoms with Crippen molar-refractivity contribution >= 4 is 23.2 Å². The van der Waals surface area contributed by atoms with Crippen molar-refractivity contribution in [1.29, 1.82) is 0 Å². The molecule has 0 radical (unpaired) electrons. The summed E-state index contributed by atoms with van der Waals surface area (Å²) in [4.78, 5) is 27.4. The van der Waals surface area contributed by atoms with E-state index >= 15 is 0 Å². The number of hydrogen-bond acceptors (Lipinski definition) is 4. The lowest BCUT2D eigenvalue weighted by Crippen LogP contribution is -2.28. The molecule has 4 rings (SSSR count). The fraction of sp³-hybridized carbons (Fsp3) is 0.231. The molecule has 0 spiro atoms. The highest BCUT2D eigenvalue weighted by molar-refractivity contribution is 6.04. The fourth-order valence-corrected chi connectivity index (χ4v) is 3.97. The van der Waals surface area contributed by atoms with Gasteiger partial charge in [0.15, 0.2) is 0 Å². The van der Waals surface area contributed by atoms with E-state index in [-0.39, 0.29) is 18.2 Å². The smallest absolute Gasteiger partial charge is 0.229 e. The number of carbonyl (C=O) groups is 2. The second kappa shape index (κ2) is 9.56. The summed E-state index contributed by atoms with van der Waals surface area (Å²) < 4.78 is 10.7. The first kappa shape index (κ1) is 21.4. The summed E-state index contributed by atoms with van der Waals surface area (Å²) in [5.41, 5.74) is 3.61. The van der Waals surface area contributed by atoms with Gasteiger partial charge in [-0.05, 0) is 35.7 Å². The van der Waals surface area contributed by atoms with Crippen molar-refractivity contribution in [2.45, 2.75) is 12.8 Å². The summed E-state index contributed by atoms with van der Waals surface area (Å²) in [6, 6.07) is 23.2. The van der Waals surface area contributed by atoms with Crippen LogP contribution in [-0.4, -0.2) is 32.6 Å². The van der Waals surface area contributed by atoms with Gasteiger partial charge < -0.3 is 19.7 Å². The van der Waals surface area contributed by atoms with Gasteiger partial charge in [-0.1, -0.05) is 48.5 Å². The molecule has 1 fully saturated rings. The Morgan fingerprint density at radius 3 is 2.50 bits per heavy atom. The van der Waals surface area contributed by atoms with Gasteiger partial charge in [0.1, 0.15) is 11.5 Å². The Labute approximate surface area is 187 Å². The van der Waals surface area contributed by atoms with E-state index in [0.717, 1.165) is 17.7 Å². The quantitative estimate of drug-likeness (QED) is 0.607. The summed E-state index contributed by atoms with van der Waals surface area (Å²) in [5, 5.41) is 3.04. The summed E-state index contributed by atoms with van der Waals surface area (Å²) in [6.45, 7) is 0.300. The molecule has 164 valence electrons. The number of anilines is 2. The second-order valence-electron chi connectivity index (χ2n) is 7.75. The maximum absolute atomic E-state index is 13.1. The first-order chi connectivity index (χ1) is 15.6. The van der Waals surface area contributed by atoms with Gasteiger partial charge in [0.05, 0.1) is 25.8 Å². The van der Waals surface area contributed by atoms with E-state index in [1.165, 1.54) is 5.56 Å². The lowest BCUT2D eigenvalue weighted by molar-refractivity contribution is -0.122. The van der Waals surface area contributed by atoms with Gasteiger partial charge in [-0.15, -0.1) is 0 Å². The molecule has 1 atom stereocenters. The number of nitrogens with one attached hydrogen (secondary N) is 1. The lowest BCUT2D eigenvalue weighted by Gasteiger charge is -2.20. The number of nitrogens with zero attached hydrogens (tertiary/aromatic N) is 1. The minimum absolute atomic E-state index is 0.105. The Morgan fingerprint density at radius 2 is 1.75 bits per heavy atom. The molecule has 1 heterocycles. The first-order valence-electron chi connectivity index (χ1n) is 10.5. The molecular weight excluding hydrogens is 404 g/mol. The predicted octanol–water partition coefficient (Wildman–Crippen LogP) is 4.29. The maximum Gasteiger partial charge on any atom is 0.229 e. The van der Waals surface area contributed by atoms with Gasteiger partial charge in [0.25, 0.3) is 0 Å². The Morgan fingerprint density at radius 1 is 1.00 bits per heavy atom. The summed E-state index contributed by atoms with van der Waals surface area (Å²) in [7, 11) is 3.12. The minimum atomic E-state index is -0.445. The van der Waals surface area contributed by atoms with Gasteiger partial charge in [0.2, 0.25) is 11.8 Å². The van der Waals surface area contributed by atoms with Crippen LogP contribution in [0.4, 0.5) is 11.4 Å². The maximum atomic E-state index is 13.1. The highest BCUT2D eigenvalue weighted by Crippen LogP contribution is 2.36. The fourth-order valence-electron chi connectivity index (χ4n) is 3.97. The van der Waals surface area contributed by atoms with Crippen LogP contribution in [0.25, 0.3) is 0 Å². The molecule has 6 heteroatoms. The molecule has 2 amide bonds. The van der Waals surface area contributed by atoms with Gasteiger partial charge >= 0.3 is 0 Å². The number of carbonyl (C=O) groups excluding carboxylic acids is 2. The zero-order valence-electron chi connectivity index (χ0n) is 18.2. The number of methoxy groups -OCH3 is 2. The monoisotopic (exact) mass is 430 g/mol. The van der Waals surface area contributed by atoms with Gasteiger partial charge in [-0.25, -0.2) is 0 Å². The Bertz CT molecular complexity index is 1110. The van der Waals surface area contributed by atoms with Crippen LogP contribution >= 0.6 is 0 Å². The standard InChI is InChI=1S/C26H26N2O4/c1-31-21-12-13-23(24(16-21)32-2)28-17-20(15-25(28)29)26(30)27-22-11-7-6-10-19(22)14-18-8-4-3-5-9-18/h3-13,16,20H,14-15,17H2,1-2H3,(H,27,30). The van der Waals surface area contributed by atoms with E-state index in [4.69, 9.17) is 9.47 Å². The molecular formula is C26H26N2O4. The minimum Gasteiger partial charge on any atom is -0.497 e. The zero-order chi connectivity index (χ0) is 22.5. The van der Waals surface area contributed by atoms with E-state index in [0.29, 0.717) is 23.7 Å². The third kappa shape index (κ3) is 4.59. The van der Waals surface area contributed by atoms with Crippen LogP contribution < -0.4 is 19.7 Å². The molecule has 0 aliphatic carbocycles. The molecule has 1 aliphatic rings. The number of benzene rings is 3. The van der Waals surface area contributed by atoms with Crippen molar-refractivity contribution in [2.75, 3.05) is 31.0 Å². The van der Waals surface area contributed by atoms with Crippen molar-refractivity contribution in [3.05, 3.63) is 83.9 Å². The van der Waals surface area contributed by atoms with Crippen LogP contribution in [-0.2, 0) is 16.0 Å². The number of hydrogen-bond donors (Lipinski definition) is 1. The van der Waals surface area contributed by atoms with Crippen molar-refractivity contribution in [3.8, 4) is 11.5 Å². The normalized spacial score (nSPS) is 15.5. The van der Waals surface area contributed by atoms with Gasteiger partial charge in [-0.3, -0.25) is 9.59 Å². The van der Waals surface area contributed by atoms with Crippen LogP contribution in [0.5, 0.6) is 11.5 Å². The van der Waals surface area contributed by atoms with E-state index in [2.05, 4.69) is 17.4 Å². The number of amides is 2. The topological polar surface area (TPSA) is 67.9 Å². The van der Waals surface area contributed by atoms with Crippen LogP contribution in [0.3, 0.4) is 0 Å². The van der Waals surface area contributed by atoms with E-state index < -0.39 is 5.92 Å². The van der Waals surface area contributed by atoms with Crippen LogP contribution in [0.15, 0.2) is 72.8 Å². The highest BCUT2D eigenvalue weighted by Gasteiger charge is 2.36. The summed E-state index contributed by atoms with van der Waals surface area (Å²) in [5.74, 6) is 0.465. The highest BCUT2D eigenvalue weighted by atomic mass is 16.5. The average Bonchev–Trinajstić information content (AvgIpc) is 3.22. The molecule has 1 unspecified atom stereocenters. The summed E-state index contributed by atoms with van der Waals surface area (Å²) in [6.07, 6.45) is 0.873. The Kier molecular flexibility index (Phi) is 6.40. The van der Waals surface area contributed by atoms with Crippen molar-refractivity contribution in [3.63, 3.8) is 0 Å². The molecule has 1 aliphatic heterocycles. The van der Waals surface area contributed by atoms with E-state index in [1.54, 1.807) is 37.3 Å². The average molecular weight is 431 g/mol. The second-order valence-corrected chi connectivity index (χ2v) is 7.75. The Hall–Kier alpha value is -3.80. The SMILES string of the molecule is COc1ccc(N2CC(C(=O)Nc3ccccc3Cc3ccccc3)CC2=O)c(OC)c1. The number of ether oxygens (including phenoxy) is 2. The van der Waals surface area contributed by atoms with Crippen molar-refractivity contribution in [2.24, 2.45) is 5.92 Å². The van der Waals surface area contributed by atoms with Crippen molar-refractivity contribution < 1.29 is 19.1 Å². The molecule has 3 aromatic carbocycles. The van der Waals surface area contributed by atoms with Gasteiger partial charge in [0, 0.05) is 24.7 Å².